The van der Waals surface area contributed by atoms with Crippen molar-refractivity contribution in [2.24, 2.45) is 5.92 Å². The molecule has 0 aliphatic carbocycles. The van der Waals surface area contributed by atoms with Gasteiger partial charge in [-0.2, -0.15) is 11.3 Å². The van der Waals surface area contributed by atoms with Crippen molar-refractivity contribution in [3.05, 3.63) is 22.4 Å². The molecule has 1 rings (SSSR count). The van der Waals surface area contributed by atoms with Gasteiger partial charge < -0.3 is 10.2 Å². The van der Waals surface area contributed by atoms with Crippen LogP contribution in [-0.2, 0) is 4.79 Å². The Morgan fingerprint density at radius 2 is 2.24 bits per heavy atom. The minimum absolute atomic E-state index is 0.0975. The van der Waals surface area contributed by atoms with Crippen molar-refractivity contribution < 1.29 is 4.79 Å². The zero-order chi connectivity index (χ0) is 12.8. The number of amides is 1. The molecule has 1 aromatic heterocycles. The predicted octanol–water partition coefficient (Wildman–Crippen LogP) is 2.51. The summed E-state index contributed by atoms with van der Waals surface area (Å²) in [6.45, 7) is 4.67. The molecular weight excluding hydrogens is 232 g/mol. The van der Waals surface area contributed by atoms with Crippen molar-refractivity contribution in [3.8, 4) is 0 Å². The molecule has 0 fully saturated rings. The zero-order valence-electron chi connectivity index (χ0n) is 11.1. The van der Waals surface area contributed by atoms with Crippen LogP contribution in [0, 0.1) is 5.92 Å². The minimum Gasteiger partial charge on any atom is -0.354 e. The number of hydrogen-bond acceptors (Lipinski definition) is 3. The van der Waals surface area contributed by atoms with E-state index in [2.05, 4.69) is 27.0 Å². The lowest BCUT2D eigenvalue weighted by Gasteiger charge is -2.24. The molecule has 0 radical (unpaired) electrons. The third-order valence-corrected chi connectivity index (χ3v) is 3.78. The molecule has 0 aliphatic heterocycles. The van der Waals surface area contributed by atoms with Gasteiger partial charge in [0.25, 0.3) is 0 Å². The van der Waals surface area contributed by atoms with Gasteiger partial charge in [-0.25, -0.2) is 0 Å². The zero-order valence-corrected chi connectivity index (χ0v) is 11.9. The molecule has 1 heterocycles. The van der Waals surface area contributed by atoms with E-state index in [1.807, 2.05) is 27.9 Å². The van der Waals surface area contributed by atoms with Gasteiger partial charge in [-0.3, -0.25) is 4.79 Å². The number of carbonyl (C=O) groups excluding carboxylic acids is 1. The molecule has 17 heavy (non-hydrogen) atoms. The first-order chi connectivity index (χ1) is 8.06. The van der Waals surface area contributed by atoms with E-state index in [4.69, 9.17) is 0 Å². The number of hydrogen-bond donors (Lipinski definition) is 1. The highest BCUT2D eigenvalue weighted by Crippen LogP contribution is 2.20. The quantitative estimate of drug-likeness (QED) is 0.846. The number of thiophene rings is 1. The second kappa shape index (κ2) is 6.77. The Bertz CT molecular complexity index is 335. The first kappa shape index (κ1) is 14.2. The van der Waals surface area contributed by atoms with E-state index in [-0.39, 0.29) is 17.9 Å². The summed E-state index contributed by atoms with van der Waals surface area (Å²) < 4.78 is 0. The Hall–Kier alpha value is -0.870. The van der Waals surface area contributed by atoms with Crippen LogP contribution in [-0.4, -0.2) is 31.4 Å². The lowest BCUT2D eigenvalue weighted by atomic mass is 10.1. The van der Waals surface area contributed by atoms with Crippen molar-refractivity contribution in [2.75, 3.05) is 20.6 Å². The van der Waals surface area contributed by atoms with E-state index >= 15 is 0 Å². The third kappa shape index (κ3) is 4.13. The summed E-state index contributed by atoms with van der Waals surface area (Å²) in [6.07, 6.45) is 0.886. The van der Waals surface area contributed by atoms with E-state index in [0.29, 0.717) is 6.54 Å². The Labute approximate surface area is 108 Å². The minimum atomic E-state index is 0.0975. The molecule has 1 amide bonds. The van der Waals surface area contributed by atoms with Crippen LogP contribution >= 0.6 is 11.3 Å². The number of rotatable bonds is 6. The molecule has 2 atom stereocenters. The highest BCUT2D eigenvalue weighted by molar-refractivity contribution is 7.07. The first-order valence-corrected chi connectivity index (χ1v) is 6.96. The fourth-order valence-electron chi connectivity index (χ4n) is 1.62. The van der Waals surface area contributed by atoms with Gasteiger partial charge in [-0.1, -0.05) is 13.8 Å². The Morgan fingerprint density at radius 3 is 2.71 bits per heavy atom. The summed E-state index contributed by atoms with van der Waals surface area (Å²) in [5.74, 6) is 0.245. The summed E-state index contributed by atoms with van der Waals surface area (Å²) in [5.41, 5.74) is 1.27. The van der Waals surface area contributed by atoms with E-state index in [0.717, 1.165) is 6.42 Å². The molecular formula is C13H22N2OS. The lowest BCUT2D eigenvalue weighted by Crippen LogP contribution is -2.36. The van der Waals surface area contributed by atoms with Gasteiger partial charge >= 0.3 is 0 Å². The average molecular weight is 254 g/mol. The van der Waals surface area contributed by atoms with Crippen LogP contribution in [0.15, 0.2) is 16.8 Å². The molecule has 0 saturated carbocycles. The smallest absolute Gasteiger partial charge is 0.222 e. The van der Waals surface area contributed by atoms with Crippen molar-refractivity contribution in [1.82, 2.24) is 10.2 Å². The molecule has 0 bridgehead atoms. The summed E-state index contributed by atoms with van der Waals surface area (Å²) in [5, 5.41) is 7.24. The van der Waals surface area contributed by atoms with Crippen molar-refractivity contribution in [1.29, 1.82) is 0 Å². The number of likely N-dealkylation sites (N-methyl/N-ethyl adjacent to an activating group) is 1. The highest BCUT2D eigenvalue weighted by Gasteiger charge is 2.17. The monoisotopic (exact) mass is 254 g/mol. The second-order valence-electron chi connectivity index (χ2n) is 4.59. The topological polar surface area (TPSA) is 32.3 Å². The van der Waals surface area contributed by atoms with Crippen LogP contribution in [0.25, 0.3) is 0 Å². The van der Waals surface area contributed by atoms with Crippen LogP contribution < -0.4 is 5.32 Å². The Balaban J connectivity index is 2.55. The van der Waals surface area contributed by atoms with Crippen molar-refractivity contribution >= 4 is 17.2 Å². The molecule has 1 aromatic rings. The summed E-state index contributed by atoms with van der Waals surface area (Å²) in [6, 6.07) is 2.37. The largest absolute Gasteiger partial charge is 0.354 e. The summed E-state index contributed by atoms with van der Waals surface area (Å²) in [7, 11) is 4.08. The maximum absolute atomic E-state index is 11.7. The molecule has 2 unspecified atom stereocenters. The summed E-state index contributed by atoms with van der Waals surface area (Å²) >= 11 is 1.69. The van der Waals surface area contributed by atoms with E-state index in [9.17, 15) is 4.79 Å². The van der Waals surface area contributed by atoms with Crippen LogP contribution in [0.2, 0.25) is 0 Å². The molecule has 3 nitrogen and oxygen atoms in total. The van der Waals surface area contributed by atoms with Crippen molar-refractivity contribution in [3.63, 3.8) is 0 Å². The Kier molecular flexibility index (Phi) is 5.65. The van der Waals surface area contributed by atoms with Gasteiger partial charge in [0.2, 0.25) is 5.91 Å². The SMILES string of the molecule is CCC(C)C(=O)NCC(c1ccsc1)N(C)C. The summed E-state index contributed by atoms with van der Waals surface area (Å²) in [4.78, 5) is 13.9. The Morgan fingerprint density at radius 1 is 1.53 bits per heavy atom. The van der Waals surface area contributed by atoms with Crippen LogP contribution in [0.1, 0.15) is 31.9 Å². The maximum Gasteiger partial charge on any atom is 0.222 e. The predicted molar refractivity (Wildman–Crippen MR) is 73.2 cm³/mol. The lowest BCUT2D eigenvalue weighted by molar-refractivity contribution is -0.124. The van der Waals surface area contributed by atoms with Gasteiger partial charge in [0.15, 0.2) is 0 Å². The fraction of sp³-hybridized carbons (Fsp3) is 0.615. The highest BCUT2D eigenvalue weighted by atomic mass is 32.1. The van der Waals surface area contributed by atoms with E-state index in [1.54, 1.807) is 11.3 Å². The molecule has 4 heteroatoms. The van der Waals surface area contributed by atoms with E-state index in [1.165, 1.54) is 5.56 Å². The van der Waals surface area contributed by atoms with Crippen LogP contribution in [0.3, 0.4) is 0 Å². The van der Waals surface area contributed by atoms with Gasteiger partial charge in [-0.05, 0) is 42.9 Å². The molecule has 0 spiro atoms. The first-order valence-electron chi connectivity index (χ1n) is 6.02. The molecule has 0 aliphatic rings. The van der Waals surface area contributed by atoms with Crippen molar-refractivity contribution in [2.45, 2.75) is 26.3 Å². The van der Waals surface area contributed by atoms with Gasteiger partial charge in [0.05, 0.1) is 6.04 Å². The second-order valence-corrected chi connectivity index (χ2v) is 5.37. The molecule has 0 saturated heterocycles. The molecule has 96 valence electrons. The maximum atomic E-state index is 11.7. The average Bonchev–Trinajstić information content (AvgIpc) is 2.81. The third-order valence-electron chi connectivity index (χ3n) is 3.08. The van der Waals surface area contributed by atoms with Gasteiger partial charge in [-0.15, -0.1) is 0 Å². The number of nitrogens with zero attached hydrogens (tertiary/aromatic N) is 1. The van der Waals surface area contributed by atoms with Gasteiger partial charge in [0, 0.05) is 12.5 Å². The van der Waals surface area contributed by atoms with E-state index < -0.39 is 0 Å². The fourth-order valence-corrected chi connectivity index (χ4v) is 2.33. The molecule has 1 N–H and O–H groups in total. The normalized spacial score (nSPS) is 14.6. The number of nitrogens with one attached hydrogen (secondary N) is 1. The van der Waals surface area contributed by atoms with Gasteiger partial charge in [0.1, 0.15) is 0 Å². The number of carbonyl (C=O) groups is 1. The standard InChI is InChI=1S/C13H22N2OS/c1-5-10(2)13(16)14-8-12(15(3)4)11-6-7-17-9-11/h6-7,9-10,12H,5,8H2,1-4H3,(H,14,16). The van der Waals surface area contributed by atoms with Crippen LogP contribution in [0.5, 0.6) is 0 Å². The van der Waals surface area contributed by atoms with Crippen LogP contribution in [0.4, 0.5) is 0 Å². The molecule has 0 aromatic carbocycles.